The van der Waals surface area contributed by atoms with Gasteiger partial charge in [-0.25, -0.2) is 15.0 Å². The molecule has 0 spiro atoms. The highest BCUT2D eigenvalue weighted by Crippen LogP contribution is 2.36. The maximum atomic E-state index is 5.03. The molecule has 0 atom stereocenters. The van der Waals surface area contributed by atoms with Gasteiger partial charge >= 0.3 is 0 Å². The van der Waals surface area contributed by atoms with Gasteiger partial charge < -0.3 is 9.13 Å². The summed E-state index contributed by atoms with van der Waals surface area (Å²) in [5, 5.41) is 2.40. The SMILES string of the molecule is C=C/C=C\c1c(C)c(C)c(/C=C(\C=C)c2ccc3c(c2)c2ccccc2n3-c2ccccc2)n1-c1cccc(-c2nc(-c3ccccc3)nc(-c3ccccc3)n2)c1. The van der Waals surface area contributed by atoms with Crippen LogP contribution in [0.2, 0.25) is 0 Å². The summed E-state index contributed by atoms with van der Waals surface area (Å²) in [5.74, 6) is 1.85. The van der Waals surface area contributed by atoms with Crippen LogP contribution in [-0.2, 0) is 0 Å². The number of hydrogen-bond acceptors (Lipinski definition) is 3. The number of benzene rings is 6. The third-order valence-electron chi connectivity index (χ3n) is 10.8. The highest BCUT2D eigenvalue weighted by molar-refractivity contribution is 6.10. The van der Waals surface area contributed by atoms with Crippen LogP contribution >= 0.6 is 0 Å². The summed E-state index contributed by atoms with van der Waals surface area (Å²) in [4.78, 5) is 15.0. The minimum Gasteiger partial charge on any atom is -0.310 e. The lowest BCUT2D eigenvalue weighted by atomic mass is 10.0. The molecule has 0 saturated heterocycles. The Morgan fingerprint density at radius 1 is 0.500 bits per heavy atom. The molecule has 0 aliphatic carbocycles. The fourth-order valence-electron chi connectivity index (χ4n) is 7.80. The monoisotopic (exact) mass is 747 g/mol. The lowest BCUT2D eigenvalue weighted by Crippen LogP contribution is -2.03. The zero-order chi connectivity index (χ0) is 39.6. The van der Waals surface area contributed by atoms with E-state index in [1.165, 1.54) is 27.4 Å². The molecular weight excluding hydrogens is 707 g/mol. The zero-order valence-corrected chi connectivity index (χ0v) is 32.5. The van der Waals surface area contributed by atoms with Gasteiger partial charge in [-0.15, -0.1) is 0 Å². The summed E-state index contributed by atoms with van der Waals surface area (Å²) in [5.41, 5.74) is 13.8. The third-order valence-corrected chi connectivity index (χ3v) is 10.8. The Morgan fingerprint density at radius 2 is 1.05 bits per heavy atom. The molecule has 0 fully saturated rings. The van der Waals surface area contributed by atoms with Crippen LogP contribution in [0.25, 0.3) is 85.1 Å². The van der Waals surface area contributed by atoms with Crippen LogP contribution in [0, 0.1) is 13.8 Å². The summed E-state index contributed by atoms with van der Waals surface area (Å²) < 4.78 is 4.66. The van der Waals surface area contributed by atoms with Gasteiger partial charge in [-0.1, -0.05) is 147 Å². The van der Waals surface area contributed by atoms with Crippen molar-refractivity contribution in [1.29, 1.82) is 0 Å². The topological polar surface area (TPSA) is 48.5 Å². The van der Waals surface area contributed by atoms with Crippen molar-refractivity contribution < 1.29 is 0 Å². The molecule has 3 aromatic heterocycles. The van der Waals surface area contributed by atoms with Gasteiger partial charge in [0.05, 0.1) is 11.0 Å². The number of fused-ring (bicyclic) bond motifs is 3. The number of aromatic nitrogens is 5. The molecule has 9 aromatic rings. The molecule has 278 valence electrons. The van der Waals surface area contributed by atoms with E-state index in [4.69, 9.17) is 15.0 Å². The van der Waals surface area contributed by atoms with Gasteiger partial charge in [0.1, 0.15) is 0 Å². The summed E-state index contributed by atoms with van der Waals surface area (Å²) in [6.45, 7) is 12.7. The Balaban J connectivity index is 1.20. The number of nitrogens with zero attached hydrogens (tertiary/aromatic N) is 5. The van der Waals surface area contributed by atoms with Gasteiger partial charge in [-0.3, -0.25) is 0 Å². The smallest absolute Gasteiger partial charge is 0.164 e. The minimum atomic E-state index is 0.602. The molecule has 9 rings (SSSR count). The number of hydrogen-bond donors (Lipinski definition) is 0. The van der Waals surface area contributed by atoms with E-state index in [0.717, 1.165) is 56.1 Å². The van der Waals surface area contributed by atoms with Crippen molar-refractivity contribution in [3.8, 4) is 45.5 Å². The molecule has 0 aliphatic heterocycles. The van der Waals surface area contributed by atoms with Gasteiger partial charge in [0.15, 0.2) is 17.5 Å². The molecule has 0 radical (unpaired) electrons. The molecule has 5 nitrogen and oxygen atoms in total. The van der Waals surface area contributed by atoms with Crippen molar-refractivity contribution in [2.24, 2.45) is 0 Å². The van der Waals surface area contributed by atoms with Gasteiger partial charge in [0, 0.05) is 50.2 Å². The zero-order valence-electron chi connectivity index (χ0n) is 32.5. The predicted octanol–water partition coefficient (Wildman–Crippen LogP) is 13.3. The van der Waals surface area contributed by atoms with E-state index in [1.54, 1.807) is 0 Å². The highest BCUT2D eigenvalue weighted by Gasteiger charge is 2.19. The Bertz CT molecular complexity index is 2980. The molecule has 6 aromatic carbocycles. The Morgan fingerprint density at radius 3 is 1.71 bits per heavy atom. The van der Waals surface area contributed by atoms with Crippen LogP contribution < -0.4 is 0 Å². The van der Waals surface area contributed by atoms with E-state index in [9.17, 15) is 0 Å². The molecule has 5 heteroatoms. The molecule has 0 aliphatic rings. The molecule has 0 bridgehead atoms. The lowest BCUT2D eigenvalue weighted by Gasteiger charge is -2.14. The standard InChI is InChI=1S/C53H41N5/c1-5-7-29-47-36(3)37(4)50(35-38(6-2)41-31-32-49-46(34-41)45-28-17-18-30-48(45)57(49)43-25-15-10-16-26-43)58(47)44-27-19-24-42(33-44)53-55-51(39-20-11-8-12-21-39)54-52(56-53)40-22-13-9-14-23-40/h5-35H,1-2H2,3-4H3/b29-7-,38-35+. The average molecular weight is 748 g/mol. The molecular formula is C53H41N5. The maximum absolute atomic E-state index is 5.03. The molecule has 0 saturated carbocycles. The minimum absolute atomic E-state index is 0.602. The second-order valence-electron chi connectivity index (χ2n) is 14.3. The van der Waals surface area contributed by atoms with Crippen molar-refractivity contribution in [3.63, 3.8) is 0 Å². The first-order valence-corrected chi connectivity index (χ1v) is 19.4. The largest absolute Gasteiger partial charge is 0.310 e. The Hall–Kier alpha value is -7.63. The van der Waals surface area contributed by atoms with Crippen molar-refractivity contribution in [2.75, 3.05) is 0 Å². The van der Waals surface area contributed by atoms with E-state index >= 15 is 0 Å². The fourth-order valence-corrected chi connectivity index (χ4v) is 7.80. The number of rotatable bonds is 10. The van der Waals surface area contributed by atoms with Gasteiger partial charge in [-0.2, -0.15) is 0 Å². The molecule has 58 heavy (non-hydrogen) atoms. The second-order valence-corrected chi connectivity index (χ2v) is 14.3. The normalized spacial score (nSPS) is 11.8. The number of allylic oxidation sites excluding steroid dienone is 4. The third kappa shape index (κ3) is 6.59. The Labute approximate surface area is 339 Å². The van der Waals surface area contributed by atoms with Crippen LogP contribution in [0.15, 0.2) is 189 Å². The summed E-state index contributed by atoms with van der Waals surface area (Å²) in [6, 6.07) is 54.5. The van der Waals surface area contributed by atoms with Crippen LogP contribution in [0.4, 0.5) is 0 Å². The summed E-state index contributed by atoms with van der Waals surface area (Å²) >= 11 is 0. The van der Waals surface area contributed by atoms with Crippen molar-refractivity contribution in [3.05, 3.63) is 217 Å². The first kappa shape index (κ1) is 36.0. The predicted molar refractivity (Wildman–Crippen MR) is 243 cm³/mol. The van der Waals surface area contributed by atoms with Crippen LogP contribution in [0.3, 0.4) is 0 Å². The van der Waals surface area contributed by atoms with Crippen LogP contribution in [-0.4, -0.2) is 24.1 Å². The van der Waals surface area contributed by atoms with E-state index in [0.29, 0.717) is 17.5 Å². The van der Waals surface area contributed by atoms with Gasteiger partial charge in [-0.05, 0) is 90.7 Å². The average Bonchev–Trinajstić information content (AvgIpc) is 3.74. The van der Waals surface area contributed by atoms with E-state index in [2.05, 4.69) is 145 Å². The molecule has 0 amide bonds. The summed E-state index contributed by atoms with van der Waals surface area (Å²) in [6.07, 6.45) is 10.1. The van der Waals surface area contributed by atoms with E-state index in [-0.39, 0.29) is 0 Å². The van der Waals surface area contributed by atoms with Crippen LogP contribution in [0.1, 0.15) is 28.1 Å². The van der Waals surface area contributed by atoms with E-state index < -0.39 is 0 Å². The Kier molecular flexibility index (Phi) is 9.62. The number of para-hydroxylation sites is 2. The fraction of sp³-hybridized carbons (Fsp3) is 0.0377. The lowest BCUT2D eigenvalue weighted by molar-refractivity contribution is 1.03. The van der Waals surface area contributed by atoms with Crippen molar-refractivity contribution >= 4 is 39.5 Å². The molecule has 3 heterocycles. The maximum Gasteiger partial charge on any atom is 0.164 e. The first-order chi connectivity index (χ1) is 28.5. The van der Waals surface area contributed by atoms with Gasteiger partial charge in [0.2, 0.25) is 0 Å². The molecule has 0 unspecified atom stereocenters. The van der Waals surface area contributed by atoms with Crippen molar-refractivity contribution in [2.45, 2.75) is 13.8 Å². The second kappa shape index (κ2) is 15.5. The summed E-state index contributed by atoms with van der Waals surface area (Å²) in [7, 11) is 0. The van der Waals surface area contributed by atoms with Crippen LogP contribution in [0.5, 0.6) is 0 Å². The molecule has 0 N–H and O–H groups in total. The van der Waals surface area contributed by atoms with Gasteiger partial charge in [0.25, 0.3) is 0 Å². The first-order valence-electron chi connectivity index (χ1n) is 19.4. The van der Waals surface area contributed by atoms with E-state index in [1.807, 2.05) is 78.9 Å². The quantitative estimate of drug-likeness (QED) is 0.131. The van der Waals surface area contributed by atoms with Crippen molar-refractivity contribution in [1.82, 2.24) is 24.1 Å². The highest BCUT2D eigenvalue weighted by atomic mass is 15.0.